The average molecular weight is 437 g/mol. The molecule has 0 saturated heterocycles. The van der Waals surface area contributed by atoms with E-state index >= 15 is 0 Å². The molecule has 0 radical (unpaired) electrons. The Morgan fingerprint density at radius 3 is 2.42 bits per heavy atom. The Bertz CT molecular complexity index is 1090. The van der Waals surface area contributed by atoms with Gasteiger partial charge in [0.1, 0.15) is 6.61 Å². The molecule has 0 unspecified atom stereocenters. The molecule has 0 fully saturated rings. The Labute approximate surface area is 185 Å². The maximum atomic E-state index is 12.3. The molecule has 0 aliphatic carbocycles. The monoisotopic (exact) mass is 436 g/mol. The highest BCUT2D eigenvalue weighted by Gasteiger charge is 2.18. The van der Waals surface area contributed by atoms with Crippen LogP contribution in [-0.4, -0.2) is 22.6 Å². The predicted molar refractivity (Wildman–Crippen MR) is 121 cm³/mol. The minimum absolute atomic E-state index is 0.00625. The van der Waals surface area contributed by atoms with Gasteiger partial charge in [-0.3, -0.25) is 19.3 Å². The lowest BCUT2D eigenvalue weighted by atomic mass is 10.0. The van der Waals surface area contributed by atoms with Gasteiger partial charge in [0.05, 0.1) is 17.8 Å². The van der Waals surface area contributed by atoms with Crippen LogP contribution in [0.2, 0.25) is 0 Å². The van der Waals surface area contributed by atoms with Gasteiger partial charge in [-0.05, 0) is 43.2 Å². The summed E-state index contributed by atoms with van der Waals surface area (Å²) < 4.78 is 5.27. The summed E-state index contributed by atoms with van der Waals surface area (Å²) >= 11 is 1.30. The first-order valence-corrected chi connectivity index (χ1v) is 10.8. The number of anilines is 2. The number of benzene rings is 2. The molecule has 0 saturated carbocycles. The van der Waals surface area contributed by atoms with E-state index in [1.165, 1.54) is 23.2 Å². The molecule has 3 rings (SSSR count). The zero-order valence-corrected chi connectivity index (χ0v) is 18.6. The van der Waals surface area contributed by atoms with Gasteiger partial charge >= 0.3 is 5.97 Å². The number of thiazole rings is 1. The molecule has 0 aliphatic rings. The number of amides is 1. The van der Waals surface area contributed by atoms with Crippen LogP contribution in [0.3, 0.4) is 0 Å². The second kappa shape index (κ2) is 10.1. The molecule has 0 spiro atoms. The van der Waals surface area contributed by atoms with Crippen molar-refractivity contribution in [2.24, 2.45) is 0 Å². The summed E-state index contributed by atoms with van der Waals surface area (Å²) in [5, 5.41) is 2.26. The normalized spacial score (nSPS) is 10.5. The second-order valence-electron chi connectivity index (χ2n) is 7.19. The van der Waals surface area contributed by atoms with Gasteiger partial charge < -0.3 is 4.74 Å². The van der Waals surface area contributed by atoms with Crippen LogP contribution in [0.25, 0.3) is 0 Å². The van der Waals surface area contributed by atoms with Crippen LogP contribution in [0.4, 0.5) is 10.8 Å². The average Bonchev–Trinajstić information content (AvgIpc) is 3.21. The molecule has 7 heteroatoms. The van der Waals surface area contributed by atoms with Crippen molar-refractivity contribution < 1.29 is 19.1 Å². The number of aromatic nitrogens is 1. The van der Waals surface area contributed by atoms with Crippen molar-refractivity contribution in [3.63, 3.8) is 0 Å². The highest BCUT2D eigenvalue weighted by molar-refractivity contribution is 7.14. The lowest BCUT2D eigenvalue weighted by Gasteiger charge is -2.17. The fraction of sp³-hybridized carbons (Fsp3) is 0.250. The van der Waals surface area contributed by atoms with E-state index in [0.717, 1.165) is 16.8 Å². The first kappa shape index (κ1) is 22.4. The molecule has 0 N–H and O–H groups in total. The molecule has 3 aromatic rings. The lowest BCUT2D eigenvalue weighted by Crippen LogP contribution is -2.22. The number of carbonyl (C=O) groups is 3. The molecule has 160 valence electrons. The van der Waals surface area contributed by atoms with Crippen molar-refractivity contribution in [2.75, 3.05) is 4.90 Å². The third-order valence-corrected chi connectivity index (χ3v) is 5.70. The topological polar surface area (TPSA) is 76.6 Å². The predicted octanol–water partition coefficient (Wildman–Crippen LogP) is 5.15. The van der Waals surface area contributed by atoms with Gasteiger partial charge in [0, 0.05) is 24.3 Å². The van der Waals surface area contributed by atoms with Gasteiger partial charge in [-0.2, -0.15) is 0 Å². The molecule has 0 bridgehead atoms. The van der Waals surface area contributed by atoms with Crippen molar-refractivity contribution in [2.45, 2.75) is 40.2 Å². The first-order chi connectivity index (χ1) is 14.8. The number of hydrogen-bond acceptors (Lipinski definition) is 6. The molecule has 31 heavy (non-hydrogen) atoms. The molecule has 2 aromatic carbocycles. The van der Waals surface area contributed by atoms with Crippen LogP contribution >= 0.6 is 11.3 Å². The number of aryl methyl sites for hydroxylation is 2. The van der Waals surface area contributed by atoms with E-state index in [4.69, 9.17) is 4.74 Å². The number of ketones is 1. The van der Waals surface area contributed by atoms with E-state index in [1.807, 2.05) is 56.3 Å². The molecule has 1 heterocycles. The van der Waals surface area contributed by atoms with Gasteiger partial charge in [0.15, 0.2) is 10.9 Å². The Morgan fingerprint density at radius 2 is 1.74 bits per heavy atom. The van der Waals surface area contributed by atoms with Crippen LogP contribution in [0.15, 0.2) is 53.9 Å². The first-order valence-electron chi connectivity index (χ1n) is 9.91. The Morgan fingerprint density at radius 1 is 1.00 bits per heavy atom. The number of esters is 1. The number of para-hydroxylation sites is 1. The van der Waals surface area contributed by atoms with Crippen molar-refractivity contribution in [1.82, 2.24) is 4.98 Å². The second-order valence-corrected chi connectivity index (χ2v) is 8.03. The van der Waals surface area contributed by atoms with E-state index in [9.17, 15) is 14.4 Å². The minimum atomic E-state index is -0.460. The summed E-state index contributed by atoms with van der Waals surface area (Å²) in [6.07, 6.45) is 0.0993. The maximum Gasteiger partial charge on any atom is 0.306 e. The molecule has 1 aromatic heterocycles. The summed E-state index contributed by atoms with van der Waals surface area (Å²) in [5.74, 6) is -0.705. The smallest absolute Gasteiger partial charge is 0.306 e. The summed E-state index contributed by atoms with van der Waals surface area (Å²) in [6, 6.07) is 14.7. The summed E-state index contributed by atoms with van der Waals surface area (Å²) in [5.41, 5.74) is 4.04. The van der Waals surface area contributed by atoms with Crippen molar-refractivity contribution in [3.05, 3.63) is 76.3 Å². The van der Waals surface area contributed by atoms with Crippen molar-refractivity contribution in [3.8, 4) is 0 Å². The maximum absolute atomic E-state index is 12.3. The summed E-state index contributed by atoms with van der Waals surface area (Å²) in [4.78, 5) is 42.4. The lowest BCUT2D eigenvalue weighted by molar-refractivity contribution is -0.145. The van der Waals surface area contributed by atoms with Crippen LogP contribution in [0.5, 0.6) is 0 Å². The standard InChI is InChI=1S/C24H24N2O4S/c1-16-9-10-19(13-17(16)2)22(28)11-12-23(29)30-14-20-15-31-24(25-20)26(18(3)27)21-7-5-4-6-8-21/h4-10,13,15H,11-12,14H2,1-3H3. The zero-order valence-electron chi connectivity index (χ0n) is 17.8. The molecular formula is C24H24N2O4S. The molecular weight excluding hydrogens is 412 g/mol. The highest BCUT2D eigenvalue weighted by Crippen LogP contribution is 2.28. The number of carbonyl (C=O) groups excluding carboxylic acids is 3. The summed E-state index contributed by atoms with van der Waals surface area (Å²) in [6.45, 7) is 5.40. The Hall–Kier alpha value is -3.32. The fourth-order valence-electron chi connectivity index (χ4n) is 2.97. The minimum Gasteiger partial charge on any atom is -0.459 e. The van der Waals surface area contributed by atoms with E-state index in [2.05, 4.69) is 4.98 Å². The van der Waals surface area contributed by atoms with Crippen LogP contribution in [0.1, 0.15) is 46.9 Å². The summed E-state index contributed by atoms with van der Waals surface area (Å²) in [7, 11) is 0. The highest BCUT2D eigenvalue weighted by atomic mass is 32.1. The number of ether oxygens (including phenoxy) is 1. The van der Waals surface area contributed by atoms with E-state index in [0.29, 0.717) is 16.4 Å². The van der Waals surface area contributed by atoms with Gasteiger partial charge in [-0.15, -0.1) is 11.3 Å². The van der Waals surface area contributed by atoms with E-state index in [1.54, 1.807) is 11.4 Å². The molecule has 1 amide bonds. The third kappa shape index (κ3) is 5.86. The third-order valence-electron chi connectivity index (χ3n) is 4.83. The van der Waals surface area contributed by atoms with Gasteiger partial charge in [-0.1, -0.05) is 30.3 Å². The van der Waals surface area contributed by atoms with Gasteiger partial charge in [0.2, 0.25) is 5.91 Å². The SMILES string of the molecule is CC(=O)N(c1ccccc1)c1nc(COC(=O)CCC(=O)c2ccc(C)c(C)c2)cs1. The van der Waals surface area contributed by atoms with E-state index < -0.39 is 5.97 Å². The van der Waals surface area contributed by atoms with Crippen molar-refractivity contribution >= 4 is 39.8 Å². The van der Waals surface area contributed by atoms with Crippen LogP contribution in [-0.2, 0) is 20.9 Å². The van der Waals surface area contributed by atoms with Gasteiger partial charge in [0.25, 0.3) is 0 Å². The number of rotatable bonds is 8. The Kier molecular flexibility index (Phi) is 7.31. The van der Waals surface area contributed by atoms with E-state index in [-0.39, 0.29) is 31.1 Å². The number of Topliss-reactive ketones (excluding diaryl/α,β-unsaturated/α-hetero) is 1. The molecule has 6 nitrogen and oxygen atoms in total. The number of nitrogens with zero attached hydrogens (tertiary/aromatic N) is 2. The Balaban J connectivity index is 1.54. The quantitative estimate of drug-likeness (QED) is 0.360. The number of hydrogen-bond donors (Lipinski definition) is 0. The fourth-order valence-corrected chi connectivity index (χ4v) is 3.84. The zero-order chi connectivity index (χ0) is 22.4. The molecule has 0 atom stereocenters. The molecule has 0 aliphatic heterocycles. The largest absolute Gasteiger partial charge is 0.459 e. The van der Waals surface area contributed by atoms with Gasteiger partial charge in [-0.25, -0.2) is 4.98 Å². The van der Waals surface area contributed by atoms with Crippen LogP contribution < -0.4 is 4.90 Å². The van der Waals surface area contributed by atoms with Crippen molar-refractivity contribution in [1.29, 1.82) is 0 Å². The van der Waals surface area contributed by atoms with Crippen LogP contribution in [0, 0.1) is 13.8 Å².